The fourth-order valence-corrected chi connectivity index (χ4v) is 2.93. The molecule has 0 aliphatic rings. The molecule has 3 rings (SSSR count). The van der Waals surface area contributed by atoms with Crippen molar-refractivity contribution >= 4 is 17.5 Å². The van der Waals surface area contributed by atoms with Crippen LogP contribution in [-0.2, 0) is 22.7 Å². The number of aromatic nitrogens is 2. The molecule has 0 aliphatic heterocycles. The zero-order chi connectivity index (χ0) is 24.0. The Morgan fingerprint density at radius 2 is 1.64 bits per heavy atom. The minimum absolute atomic E-state index is 0.0979. The summed E-state index contributed by atoms with van der Waals surface area (Å²) in [6, 6.07) is 10.4. The average molecular weight is 455 g/mol. The van der Waals surface area contributed by atoms with E-state index in [2.05, 4.69) is 20.9 Å². The van der Waals surface area contributed by atoms with Crippen LogP contribution in [0.25, 0.3) is 11.4 Å². The minimum atomic E-state index is -0.641. The third-order valence-corrected chi connectivity index (χ3v) is 4.94. The Morgan fingerprint density at radius 1 is 1.03 bits per heavy atom. The monoisotopic (exact) mass is 455 g/mol. The average Bonchev–Trinajstić information content (AvgIpc) is 2.81. The Bertz CT molecular complexity index is 1190. The Kier molecular flexibility index (Phi) is 7.62. The van der Waals surface area contributed by atoms with E-state index >= 15 is 0 Å². The van der Waals surface area contributed by atoms with Crippen LogP contribution < -0.4 is 21.5 Å². The molecule has 0 saturated carbocycles. The minimum Gasteiger partial charge on any atom is -0.350 e. The van der Waals surface area contributed by atoms with Gasteiger partial charge in [-0.15, -0.1) is 0 Å². The lowest BCUT2D eigenvalue weighted by molar-refractivity contribution is -0.121. The second-order valence-corrected chi connectivity index (χ2v) is 7.30. The van der Waals surface area contributed by atoms with Gasteiger partial charge in [0, 0.05) is 12.1 Å². The molecule has 1 atom stereocenters. The van der Waals surface area contributed by atoms with Crippen molar-refractivity contribution in [3.63, 3.8) is 0 Å². The molecule has 3 N–H and O–H groups in total. The molecule has 10 heteroatoms. The predicted octanol–water partition coefficient (Wildman–Crippen LogP) is 2.05. The number of amides is 2. The highest BCUT2D eigenvalue weighted by atomic mass is 19.1. The quantitative estimate of drug-likeness (QED) is 0.482. The van der Waals surface area contributed by atoms with Crippen molar-refractivity contribution in [3.8, 4) is 11.4 Å². The lowest BCUT2D eigenvalue weighted by atomic mass is 10.2. The van der Waals surface area contributed by atoms with Crippen LogP contribution in [0.1, 0.15) is 12.5 Å². The normalized spacial score (nSPS) is 11.6. The molecule has 2 amide bonds. The number of nitrogens with zero attached hydrogens (tertiary/aromatic N) is 2. The molecule has 0 saturated heterocycles. The summed E-state index contributed by atoms with van der Waals surface area (Å²) in [6.07, 6.45) is 1.20. The maximum absolute atomic E-state index is 13.4. The highest BCUT2D eigenvalue weighted by Gasteiger charge is 2.18. The molecule has 8 nitrogen and oxygen atoms in total. The molecule has 0 unspecified atom stereocenters. The van der Waals surface area contributed by atoms with Crippen LogP contribution in [0.3, 0.4) is 0 Å². The number of likely N-dealkylation sites (N-methyl/N-ethyl adjacent to an activating group) is 1. The second-order valence-electron chi connectivity index (χ2n) is 7.30. The summed E-state index contributed by atoms with van der Waals surface area (Å²) in [5.41, 5.74) is 0.356. The number of anilines is 1. The fraction of sp³-hybridized carbons (Fsp3) is 0.217. The van der Waals surface area contributed by atoms with Crippen LogP contribution >= 0.6 is 0 Å². The van der Waals surface area contributed by atoms with Crippen LogP contribution in [0.5, 0.6) is 0 Å². The molecular formula is C23H23F2N5O3. The number of carbonyl (C=O) groups excluding carboxylic acids is 2. The number of halogens is 2. The van der Waals surface area contributed by atoms with Crippen LogP contribution in [0.4, 0.5) is 14.5 Å². The number of hydrogen-bond donors (Lipinski definition) is 3. The number of benzene rings is 2. The van der Waals surface area contributed by atoms with Crippen molar-refractivity contribution in [1.29, 1.82) is 0 Å². The van der Waals surface area contributed by atoms with Gasteiger partial charge >= 0.3 is 0 Å². The second kappa shape index (κ2) is 10.6. The largest absolute Gasteiger partial charge is 0.350 e. The van der Waals surface area contributed by atoms with Gasteiger partial charge in [-0.3, -0.25) is 19.0 Å². The first kappa shape index (κ1) is 23.7. The highest BCUT2D eigenvalue weighted by molar-refractivity contribution is 5.94. The molecule has 172 valence electrons. The molecular weight excluding hydrogens is 432 g/mol. The van der Waals surface area contributed by atoms with E-state index in [1.807, 2.05) is 0 Å². The SMILES string of the molecule is CN[C@@H](C)C(=O)Nc1cnc(-c2ccc(F)cc2)n(CC(=O)NCc2ccc(F)cc2)c1=O. The summed E-state index contributed by atoms with van der Waals surface area (Å²) in [5.74, 6) is -1.67. The zero-order valence-electron chi connectivity index (χ0n) is 18.1. The first-order valence-corrected chi connectivity index (χ1v) is 10.1. The number of carbonyl (C=O) groups is 2. The van der Waals surface area contributed by atoms with Crippen molar-refractivity contribution < 1.29 is 18.4 Å². The zero-order valence-corrected chi connectivity index (χ0v) is 18.1. The third kappa shape index (κ3) is 6.07. The third-order valence-electron chi connectivity index (χ3n) is 4.94. The van der Waals surface area contributed by atoms with E-state index in [4.69, 9.17) is 0 Å². The summed E-state index contributed by atoms with van der Waals surface area (Å²) in [6.45, 7) is 1.35. The van der Waals surface area contributed by atoms with Crippen molar-refractivity contribution in [2.75, 3.05) is 12.4 Å². The molecule has 3 aromatic rings. The molecule has 2 aromatic carbocycles. The van der Waals surface area contributed by atoms with Gasteiger partial charge in [0.25, 0.3) is 5.56 Å². The van der Waals surface area contributed by atoms with E-state index in [1.54, 1.807) is 14.0 Å². The first-order chi connectivity index (χ1) is 15.8. The summed E-state index contributed by atoms with van der Waals surface area (Å²) in [4.78, 5) is 42.2. The van der Waals surface area contributed by atoms with E-state index in [1.165, 1.54) is 54.7 Å². The van der Waals surface area contributed by atoms with Crippen molar-refractivity contribution in [1.82, 2.24) is 20.2 Å². The molecule has 0 aliphatic carbocycles. The van der Waals surface area contributed by atoms with Gasteiger partial charge < -0.3 is 16.0 Å². The number of nitrogens with one attached hydrogen (secondary N) is 3. The summed E-state index contributed by atoms with van der Waals surface area (Å²) in [7, 11) is 1.60. The van der Waals surface area contributed by atoms with Gasteiger partial charge in [0.15, 0.2) is 0 Å². The Labute approximate surface area is 188 Å². The number of rotatable bonds is 8. The van der Waals surface area contributed by atoms with Crippen LogP contribution in [0.15, 0.2) is 59.5 Å². The molecule has 0 spiro atoms. The highest BCUT2D eigenvalue weighted by Crippen LogP contribution is 2.17. The van der Waals surface area contributed by atoms with Gasteiger partial charge in [-0.25, -0.2) is 13.8 Å². The molecule has 0 fully saturated rings. The first-order valence-electron chi connectivity index (χ1n) is 10.1. The van der Waals surface area contributed by atoms with E-state index in [0.29, 0.717) is 11.1 Å². The summed E-state index contributed by atoms with van der Waals surface area (Å²) in [5, 5.41) is 7.93. The molecule has 33 heavy (non-hydrogen) atoms. The van der Waals surface area contributed by atoms with E-state index in [-0.39, 0.29) is 18.1 Å². The van der Waals surface area contributed by atoms with E-state index in [0.717, 1.165) is 4.57 Å². The van der Waals surface area contributed by atoms with Crippen LogP contribution in [0.2, 0.25) is 0 Å². The van der Waals surface area contributed by atoms with Gasteiger partial charge in [0.1, 0.15) is 29.7 Å². The summed E-state index contributed by atoms with van der Waals surface area (Å²) >= 11 is 0. The van der Waals surface area contributed by atoms with Gasteiger partial charge in [-0.1, -0.05) is 12.1 Å². The maximum atomic E-state index is 13.4. The van der Waals surface area contributed by atoms with Crippen molar-refractivity contribution in [2.24, 2.45) is 0 Å². The van der Waals surface area contributed by atoms with Crippen LogP contribution in [0, 0.1) is 11.6 Å². The smallest absolute Gasteiger partial charge is 0.278 e. The van der Waals surface area contributed by atoms with Gasteiger partial charge in [-0.05, 0) is 55.9 Å². The Balaban J connectivity index is 1.89. The summed E-state index contributed by atoms with van der Waals surface area (Å²) < 4.78 is 27.5. The molecule has 0 radical (unpaired) electrons. The predicted molar refractivity (Wildman–Crippen MR) is 119 cm³/mol. The lowest BCUT2D eigenvalue weighted by Crippen LogP contribution is -2.39. The Hall–Kier alpha value is -3.92. The fourth-order valence-electron chi connectivity index (χ4n) is 2.93. The van der Waals surface area contributed by atoms with Crippen molar-refractivity contribution in [2.45, 2.75) is 26.1 Å². The van der Waals surface area contributed by atoms with Gasteiger partial charge in [0.05, 0.1) is 12.2 Å². The molecule has 1 aromatic heterocycles. The Morgan fingerprint density at radius 3 is 2.24 bits per heavy atom. The van der Waals surface area contributed by atoms with Gasteiger partial charge in [0.2, 0.25) is 11.8 Å². The number of hydrogen-bond acceptors (Lipinski definition) is 5. The topological polar surface area (TPSA) is 105 Å². The lowest BCUT2D eigenvalue weighted by Gasteiger charge is -2.15. The standard InChI is InChI=1S/C23H23F2N5O3/c1-14(26-2)22(32)29-19-12-28-21(16-5-9-18(25)10-6-16)30(23(19)33)13-20(31)27-11-15-3-7-17(24)8-4-15/h3-10,12,14,26H,11,13H2,1-2H3,(H,27,31)(H,29,32)/t14-/m0/s1. The van der Waals surface area contributed by atoms with E-state index < -0.39 is 41.6 Å². The van der Waals surface area contributed by atoms with Gasteiger partial charge in [-0.2, -0.15) is 0 Å². The van der Waals surface area contributed by atoms with Crippen molar-refractivity contribution in [3.05, 3.63) is 82.3 Å². The maximum Gasteiger partial charge on any atom is 0.278 e. The van der Waals surface area contributed by atoms with Crippen LogP contribution in [-0.4, -0.2) is 34.5 Å². The molecule has 0 bridgehead atoms. The molecule has 1 heterocycles. The van der Waals surface area contributed by atoms with E-state index in [9.17, 15) is 23.2 Å².